The summed E-state index contributed by atoms with van der Waals surface area (Å²) in [7, 11) is 0. The van der Waals surface area contributed by atoms with E-state index in [2.05, 4.69) is 4.98 Å². The molecule has 0 aliphatic rings. The van der Waals surface area contributed by atoms with E-state index in [1.54, 1.807) is 12.1 Å². The van der Waals surface area contributed by atoms with Crippen molar-refractivity contribution in [2.24, 2.45) is 0 Å². The molecule has 0 aliphatic heterocycles. The standard InChI is InChI=1S/C16H13N3O5/c1-8(2)10-4-3-5-11-14(10)17-15-12(16(11)20)6-9(18(21)22)7-13(15)19(23)24/h3-8H,1-2H3,(H,17,20). The third kappa shape index (κ3) is 2.28. The van der Waals surface area contributed by atoms with Gasteiger partial charge in [0.15, 0.2) is 5.43 Å². The smallest absolute Gasteiger partial charge is 0.300 e. The predicted octanol–water partition coefficient (Wildman–Crippen LogP) is 3.62. The van der Waals surface area contributed by atoms with Crippen molar-refractivity contribution < 1.29 is 9.85 Å². The molecule has 2 aromatic carbocycles. The van der Waals surface area contributed by atoms with Crippen molar-refractivity contribution in [2.45, 2.75) is 19.8 Å². The zero-order valence-electron chi connectivity index (χ0n) is 12.9. The van der Waals surface area contributed by atoms with E-state index in [1.165, 1.54) is 0 Å². The van der Waals surface area contributed by atoms with Gasteiger partial charge in [0.25, 0.3) is 11.4 Å². The molecular formula is C16H13N3O5. The SMILES string of the molecule is CC(C)c1cccc2c(=O)c3cc([N+](=O)[O-])cc([N+](=O)[O-])c3[nH]c12. The van der Waals surface area contributed by atoms with Crippen molar-refractivity contribution in [3.8, 4) is 0 Å². The number of pyridine rings is 1. The number of non-ortho nitro benzene ring substituents is 2. The van der Waals surface area contributed by atoms with Crippen molar-refractivity contribution in [1.82, 2.24) is 4.98 Å². The lowest BCUT2D eigenvalue weighted by molar-refractivity contribution is -0.393. The van der Waals surface area contributed by atoms with Crippen molar-refractivity contribution in [1.29, 1.82) is 0 Å². The molecule has 0 amide bonds. The number of hydrogen-bond acceptors (Lipinski definition) is 5. The average molecular weight is 327 g/mol. The number of nitrogens with one attached hydrogen (secondary N) is 1. The first kappa shape index (κ1) is 15.6. The zero-order valence-corrected chi connectivity index (χ0v) is 12.9. The first-order valence-electron chi connectivity index (χ1n) is 7.22. The van der Waals surface area contributed by atoms with E-state index in [4.69, 9.17) is 0 Å². The van der Waals surface area contributed by atoms with Crippen LogP contribution < -0.4 is 5.43 Å². The van der Waals surface area contributed by atoms with E-state index in [0.29, 0.717) is 10.9 Å². The highest BCUT2D eigenvalue weighted by Gasteiger charge is 2.23. The van der Waals surface area contributed by atoms with E-state index >= 15 is 0 Å². The van der Waals surface area contributed by atoms with Gasteiger partial charge in [0.2, 0.25) is 0 Å². The maximum absolute atomic E-state index is 12.7. The second-order valence-electron chi connectivity index (χ2n) is 5.78. The van der Waals surface area contributed by atoms with E-state index in [-0.39, 0.29) is 16.8 Å². The Bertz CT molecular complexity index is 1070. The Kier molecular flexibility index (Phi) is 3.52. The molecule has 3 aromatic rings. The van der Waals surface area contributed by atoms with Gasteiger partial charge in [-0.15, -0.1) is 0 Å². The molecule has 3 rings (SSSR count). The van der Waals surface area contributed by atoms with Crippen LogP contribution in [-0.4, -0.2) is 14.8 Å². The van der Waals surface area contributed by atoms with Gasteiger partial charge in [0, 0.05) is 11.5 Å². The van der Waals surface area contributed by atoms with Gasteiger partial charge in [-0.25, -0.2) is 0 Å². The maximum atomic E-state index is 12.7. The first-order valence-corrected chi connectivity index (χ1v) is 7.22. The van der Waals surface area contributed by atoms with Gasteiger partial charge in [-0.3, -0.25) is 25.0 Å². The summed E-state index contributed by atoms with van der Waals surface area (Å²) in [5, 5.41) is 22.6. The van der Waals surface area contributed by atoms with Crippen molar-refractivity contribution in [2.75, 3.05) is 0 Å². The van der Waals surface area contributed by atoms with Crippen molar-refractivity contribution in [3.63, 3.8) is 0 Å². The Morgan fingerprint density at radius 2 is 1.71 bits per heavy atom. The highest BCUT2D eigenvalue weighted by Crippen LogP contribution is 2.31. The van der Waals surface area contributed by atoms with Crippen LogP contribution in [0.2, 0.25) is 0 Å². The first-order chi connectivity index (χ1) is 11.3. The quantitative estimate of drug-likeness (QED) is 0.447. The summed E-state index contributed by atoms with van der Waals surface area (Å²) in [5.41, 5.74) is -0.0822. The number of para-hydroxylation sites is 1. The number of nitro benzene ring substituents is 2. The van der Waals surface area contributed by atoms with Gasteiger partial charge in [-0.1, -0.05) is 26.0 Å². The lowest BCUT2D eigenvalue weighted by Crippen LogP contribution is -2.08. The molecule has 8 nitrogen and oxygen atoms in total. The van der Waals surface area contributed by atoms with Crippen LogP contribution in [0.25, 0.3) is 21.8 Å². The van der Waals surface area contributed by atoms with Gasteiger partial charge in [0.05, 0.1) is 26.8 Å². The van der Waals surface area contributed by atoms with E-state index in [1.807, 2.05) is 19.9 Å². The summed E-state index contributed by atoms with van der Waals surface area (Å²) in [6.45, 7) is 3.89. The van der Waals surface area contributed by atoms with Crippen LogP contribution >= 0.6 is 0 Å². The van der Waals surface area contributed by atoms with Crippen LogP contribution in [0.5, 0.6) is 0 Å². The number of nitrogens with zero attached hydrogens (tertiary/aromatic N) is 2. The molecular weight excluding hydrogens is 314 g/mol. The fraction of sp³-hybridized carbons (Fsp3) is 0.188. The molecule has 1 heterocycles. The summed E-state index contributed by atoms with van der Waals surface area (Å²) in [5.74, 6) is 0.0962. The Balaban J connectivity index is 2.57. The molecule has 0 fully saturated rings. The molecule has 0 aliphatic carbocycles. The van der Waals surface area contributed by atoms with Gasteiger partial charge in [-0.05, 0) is 17.5 Å². The Labute approximate surface area is 135 Å². The number of aromatic nitrogens is 1. The number of benzene rings is 2. The molecule has 0 spiro atoms. The second-order valence-corrected chi connectivity index (χ2v) is 5.78. The lowest BCUT2D eigenvalue weighted by atomic mass is 9.98. The van der Waals surface area contributed by atoms with Crippen LogP contribution in [0.3, 0.4) is 0 Å². The highest BCUT2D eigenvalue weighted by atomic mass is 16.6. The molecule has 0 saturated carbocycles. The minimum atomic E-state index is -0.749. The lowest BCUT2D eigenvalue weighted by Gasteiger charge is -2.11. The monoisotopic (exact) mass is 327 g/mol. The number of rotatable bonds is 3. The predicted molar refractivity (Wildman–Crippen MR) is 89.5 cm³/mol. The maximum Gasteiger partial charge on any atom is 0.300 e. The molecule has 0 atom stereocenters. The van der Waals surface area contributed by atoms with Gasteiger partial charge < -0.3 is 4.98 Å². The minimum absolute atomic E-state index is 0.00352. The molecule has 0 unspecified atom stereocenters. The van der Waals surface area contributed by atoms with Crippen molar-refractivity contribution >= 4 is 33.2 Å². The van der Waals surface area contributed by atoms with E-state index in [9.17, 15) is 25.0 Å². The van der Waals surface area contributed by atoms with E-state index in [0.717, 1.165) is 17.7 Å². The summed E-state index contributed by atoms with van der Waals surface area (Å²) < 4.78 is 0. The molecule has 8 heteroatoms. The largest absolute Gasteiger partial charge is 0.348 e. The van der Waals surface area contributed by atoms with Crippen LogP contribution in [-0.2, 0) is 0 Å². The normalized spacial score (nSPS) is 11.3. The fourth-order valence-corrected chi connectivity index (χ4v) is 2.82. The third-order valence-electron chi connectivity index (χ3n) is 3.97. The molecule has 24 heavy (non-hydrogen) atoms. The highest BCUT2D eigenvalue weighted by molar-refractivity contribution is 5.98. The minimum Gasteiger partial charge on any atom is -0.348 e. The summed E-state index contributed by atoms with van der Waals surface area (Å²) >= 11 is 0. The van der Waals surface area contributed by atoms with Crippen molar-refractivity contribution in [3.05, 3.63) is 66.3 Å². The summed E-state index contributed by atoms with van der Waals surface area (Å²) in [6.07, 6.45) is 0. The van der Waals surface area contributed by atoms with Gasteiger partial charge in [-0.2, -0.15) is 0 Å². The number of nitro groups is 2. The molecule has 1 aromatic heterocycles. The number of hydrogen-bond donors (Lipinski definition) is 1. The average Bonchev–Trinajstić information content (AvgIpc) is 2.53. The molecule has 0 saturated heterocycles. The van der Waals surface area contributed by atoms with Crippen LogP contribution in [0, 0.1) is 20.2 Å². The molecule has 122 valence electrons. The van der Waals surface area contributed by atoms with Gasteiger partial charge in [0.1, 0.15) is 5.52 Å². The summed E-state index contributed by atoms with van der Waals surface area (Å²) in [4.78, 5) is 36.5. The topological polar surface area (TPSA) is 119 Å². The third-order valence-corrected chi connectivity index (χ3v) is 3.97. The van der Waals surface area contributed by atoms with Crippen LogP contribution in [0.1, 0.15) is 25.3 Å². The molecule has 0 bridgehead atoms. The Hall–Kier alpha value is -3.29. The van der Waals surface area contributed by atoms with Crippen LogP contribution in [0.15, 0.2) is 35.1 Å². The zero-order chi connectivity index (χ0) is 17.6. The Morgan fingerprint density at radius 1 is 1.00 bits per heavy atom. The fourth-order valence-electron chi connectivity index (χ4n) is 2.82. The van der Waals surface area contributed by atoms with Gasteiger partial charge >= 0.3 is 0 Å². The number of aromatic amines is 1. The number of fused-ring (bicyclic) bond motifs is 2. The molecule has 0 radical (unpaired) electrons. The molecule has 1 N–H and O–H groups in total. The number of H-pyrrole nitrogens is 1. The second kappa shape index (κ2) is 5.41. The van der Waals surface area contributed by atoms with Crippen LogP contribution in [0.4, 0.5) is 11.4 Å². The van der Waals surface area contributed by atoms with E-state index < -0.39 is 26.7 Å². The summed E-state index contributed by atoms with van der Waals surface area (Å²) in [6, 6.07) is 7.10. The Morgan fingerprint density at radius 3 is 2.29 bits per heavy atom.